The average molecular weight is 951 g/mol. The lowest BCUT2D eigenvalue weighted by Crippen LogP contribution is -2.52. The van der Waals surface area contributed by atoms with Gasteiger partial charge in [-0.25, -0.2) is 0 Å². The third-order valence-electron chi connectivity index (χ3n) is 11.1. The molecule has 0 spiro atoms. The summed E-state index contributed by atoms with van der Waals surface area (Å²) in [5, 5.41) is 32.6. The number of hydrazone groups is 1. The molecule has 5 atom stereocenters. The first-order valence-corrected chi connectivity index (χ1v) is 28.5. The topological polar surface area (TPSA) is 120 Å². The van der Waals surface area contributed by atoms with E-state index in [1.807, 2.05) is 61.4 Å². The van der Waals surface area contributed by atoms with Crippen molar-refractivity contribution in [1.29, 1.82) is 0 Å². The number of benzene rings is 4. The lowest BCUT2D eigenvalue weighted by Gasteiger charge is -2.34. The van der Waals surface area contributed by atoms with Crippen molar-refractivity contribution in [3.05, 3.63) is 112 Å². The Bertz CT molecular complexity index is 2130. The van der Waals surface area contributed by atoms with Crippen molar-refractivity contribution in [2.24, 2.45) is 16.0 Å². The Kier molecular flexibility index (Phi) is 18.8. The number of hydrogen-bond acceptors (Lipinski definition) is 11. The van der Waals surface area contributed by atoms with Gasteiger partial charge in [-0.05, 0) is 116 Å². The van der Waals surface area contributed by atoms with Gasteiger partial charge in [0.15, 0.2) is 0 Å². The van der Waals surface area contributed by atoms with Gasteiger partial charge in [0.1, 0.15) is 17.8 Å². The molecule has 0 amide bonds. The van der Waals surface area contributed by atoms with Crippen LogP contribution in [0.5, 0.6) is 5.75 Å². The van der Waals surface area contributed by atoms with E-state index < -0.39 is 14.5 Å². The molecule has 0 aliphatic carbocycles. The minimum Gasteiger partial charge on any atom is -0.508 e. The summed E-state index contributed by atoms with van der Waals surface area (Å²) < 4.78 is 0. The number of phenolic OH excluding ortho intramolecular Hbond substituents is 1. The molecule has 5 unspecified atom stereocenters. The summed E-state index contributed by atoms with van der Waals surface area (Å²) in [6.07, 6.45) is 2.87. The van der Waals surface area contributed by atoms with Crippen molar-refractivity contribution in [3.8, 4) is 5.75 Å². The Labute approximate surface area is 393 Å². The van der Waals surface area contributed by atoms with Gasteiger partial charge in [-0.3, -0.25) is 10.4 Å². The van der Waals surface area contributed by atoms with Crippen LogP contribution in [0.25, 0.3) is 0 Å². The van der Waals surface area contributed by atoms with E-state index in [4.69, 9.17) is 16.6 Å². The Hall–Kier alpha value is -3.21. The first-order valence-electron chi connectivity index (χ1n) is 21.7. The second kappa shape index (κ2) is 23.3. The van der Waals surface area contributed by atoms with E-state index in [1.165, 1.54) is 20.9 Å². The molecule has 2 heterocycles. The molecule has 4 aromatic rings. The third kappa shape index (κ3) is 14.9. The number of nitrogens with zero attached hydrogens (tertiary/aromatic N) is 3. The van der Waals surface area contributed by atoms with Crippen LogP contribution in [0.1, 0.15) is 96.3 Å². The van der Waals surface area contributed by atoms with Crippen LogP contribution in [0.15, 0.2) is 105 Å². The number of halogens is 1. The SMILES string of the molecule is CCC(NC=NC(C)c1cc(Cl)ccc1NP(C)Sc1ccc(C(C)(C)C)cc1)C1CNC1.CNCC1=NNC(c2cc(O)ccc2NP(C)Sc2ccc(C(C)(C)C)cc2)N1C. The summed E-state index contributed by atoms with van der Waals surface area (Å²) in [5.74, 6) is 1.88. The van der Waals surface area contributed by atoms with E-state index in [0.717, 1.165) is 52.9 Å². The van der Waals surface area contributed by atoms with Crippen LogP contribution in [0.2, 0.25) is 5.02 Å². The second-order valence-electron chi connectivity index (χ2n) is 18.2. The molecule has 6 rings (SSSR count). The maximum atomic E-state index is 10.1. The molecule has 342 valence electrons. The third-order valence-corrected chi connectivity index (χ3v) is 17.4. The van der Waals surface area contributed by atoms with Crippen LogP contribution in [0.4, 0.5) is 11.4 Å². The van der Waals surface area contributed by atoms with Crippen molar-refractivity contribution in [3.63, 3.8) is 0 Å². The zero-order valence-corrected chi connectivity index (χ0v) is 43.4. The van der Waals surface area contributed by atoms with Crippen molar-refractivity contribution in [2.45, 2.75) is 101 Å². The maximum Gasteiger partial charge on any atom is 0.144 e. The highest BCUT2D eigenvalue weighted by atomic mass is 35.5. The van der Waals surface area contributed by atoms with Crippen LogP contribution >= 0.6 is 48.9 Å². The van der Waals surface area contributed by atoms with Crippen molar-refractivity contribution >= 4 is 72.5 Å². The van der Waals surface area contributed by atoms with E-state index in [9.17, 15) is 5.11 Å². The summed E-state index contributed by atoms with van der Waals surface area (Å²) in [4.78, 5) is 9.42. The summed E-state index contributed by atoms with van der Waals surface area (Å²) in [7, 11) is 2.86. The van der Waals surface area contributed by atoms with Crippen molar-refractivity contribution < 1.29 is 5.11 Å². The molecule has 0 saturated carbocycles. The zero-order chi connectivity index (χ0) is 45.9. The number of amidine groups is 1. The smallest absolute Gasteiger partial charge is 0.144 e. The van der Waals surface area contributed by atoms with Crippen molar-refractivity contribution in [2.75, 3.05) is 57.2 Å². The number of likely N-dealkylation sites (N-methyl/N-ethyl adjacent to an activating group) is 2. The molecule has 2 aliphatic heterocycles. The van der Waals surface area contributed by atoms with Gasteiger partial charge in [0.25, 0.3) is 0 Å². The standard InChI is InChI=1S/C26H38ClN4PS.C22H32N5OPS/c1-7-24(19-15-28-16-19)30-17-29-18(2)23-14-21(27)10-13-25(23)31-32(6)33-22-11-8-20(9-12-22)26(3,4)5;1-22(2,3)15-7-10-17(11-8-15)30-29(6)26-19-12-9-16(28)13-18(19)21-25-24-20(14-23-4)27(21)5/h8-14,17-19,24,28,31H,7,15-16H2,1-6H3,(H,29,30);7-13,21,23,25-26,28H,14H2,1-6H3. The van der Waals surface area contributed by atoms with Crippen LogP contribution in [0.3, 0.4) is 0 Å². The van der Waals surface area contributed by atoms with Gasteiger partial charge in [0, 0.05) is 69.4 Å². The van der Waals surface area contributed by atoms with Gasteiger partial charge in [-0.1, -0.05) is 107 Å². The molecule has 15 heteroatoms. The highest BCUT2D eigenvalue weighted by molar-refractivity contribution is 8.56. The number of anilines is 2. The molecule has 1 saturated heterocycles. The highest BCUT2D eigenvalue weighted by Crippen LogP contribution is 2.53. The van der Waals surface area contributed by atoms with Gasteiger partial charge in [0.2, 0.25) is 0 Å². The largest absolute Gasteiger partial charge is 0.508 e. The average Bonchev–Trinajstić information content (AvgIpc) is 3.57. The van der Waals surface area contributed by atoms with Crippen LogP contribution in [-0.2, 0) is 10.8 Å². The Morgan fingerprint density at radius 1 is 0.873 bits per heavy atom. The lowest BCUT2D eigenvalue weighted by molar-refractivity contribution is 0.271. The van der Waals surface area contributed by atoms with Gasteiger partial charge >= 0.3 is 0 Å². The fourth-order valence-electron chi connectivity index (χ4n) is 7.16. The lowest BCUT2D eigenvalue weighted by atomic mass is 9.87. The molecule has 1 fully saturated rings. The van der Waals surface area contributed by atoms with E-state index in [1.54, 1.807) is 12.1 Å². The summed E-state index contributed by atoms with van der Waals surface area (Å²) in [5.41, 5.74) is 10.4. The molecule has 7 N–H and O–H groups in total. The minimum atomic E-state index is -0.554. The van der Waals surface area contributed by atoms with Gasteiger partial charge in [-0.2, -0.15) is 5.10 Å². The van der Waals surface area contributed by atoms with E-state index in [-0.39, 0.29) is 28.8 Å². The Morgan fingerprint density at radius 3 is 1.94 bits per heavy atom. The molecular weight excluding hydrogens is 880 g/mol. The molecule has 4 aromatic carbocycles. The fraction of sp³-hybridized carbons (Fsp3) is 0.458. The first kappa shape index (κ1) is 50.8. The minimum absolute atomic E-state index is 0.00944. The van der Waals surface area contributed by atoms with E-state index in [0.29, 0.717) is 18.5 Å². The predicted molar refractivity (Wildman–Crippen MR) is 280 cm³/mol. The molecule has 10 nitrogen and oxygen atoms in total. The maximum absolute atomic E-state index is 10.1. The molecule has 2 aliphatic rings. The van der Waals surface area contributed by atoms with Gasteiger partial charge < -0.3 is 36.1 Å². The van der Waals surface area contributed by atoms with Crippen LogP contribution in [0, 0.1) is 5.92 Å². The van der Waals surface area contributed by atoms with E-state index in [2.05, 4.69) is 165 Å². The summed E-state index contributed by atoms with van der Waals surface area (Å²) in [6, 6.07) is 29.8. The summed E-state index contributed by atoms with van der Waals surface area (Å²) in [6.45, 7) is 25.1. The van der Waals surface area contributed by atoms with Crippen molar-refractivity contribution in [1.82, 2.24) is 26.3 Å². The number of hydrogen-bond donors (Lipinski definition) is 7. The molecular formula is C48H70ClN9OP2S2. The molecule has 0 bridgehead atoms. The Balaban J connectivity index is 0.000000239. The van der Waals surface area contributed by atoms with Gasteiger partial charge in [0.05, 0.1) is 33.5 Å². The Morgan fingerprint density at radius 2 is 1.43 bits per heavy atom. The molecule has 63 heavy (non-hydrogen) atoms. The van der Waals surface area contributed by atoms with E-state index >= 15 is 0 Å². The predicted octanol–water partition coefficient (Wildman–Crippen LogP) is 12.4. The normalized spacial score (nSPS) is 17.4. The monoisotopic (exact) mass is 949 g/mol. The summed E-state index contributed by atoms with van der Waals surface area (Å²) >= 11 is 10.1. The van der Waals surface area contributed by atoms with Crippen LogP contribution < -0.4 is 31.6 Å². The van der Waals surface area contributed by atoms with Crippen LogP contribution in [-0.4, -0.2) is 75.3 Å². The number of aliphatic imine (C=N–C) groups is 1. The first-order chi connectivity index (χ1) is 29.9. The molecule has 0 radical (unpaired) electrons. The molecule has 0 aromatic heterocycles. The zero-order valence-electron chi connectivity index (χ0n) is 39.2. The van der Waals surface area contributed by atoms with Gasteiger partial charge in [-0.15, -0.1) is 0 Å². The number of phenols is 1. The second-order valence-corrected chi connectivity index (χ2v) is 26.8. The quantitative estimate of drug-likeness (QED) is 0.0239. The fourth-order valence-corrected chi connectivity index (χ4v) is 13.2. The number of aromatic hydroxyl groups is 1. The number of nitrogens with one attached hydrogen (secondary N) is 6. The number of rotatable bonds is 17. The highest BCUT2D eigenvalue weighted by Gasteiger charge is 2.28.